The van der Waals surface area contributed by atoms with Crippen LogP contribution in [-0.4, -0.2) is 45.7 Å². The van der Waals surface area contributed by atoms with Crippen molar-refractivity contribution in [3.8, 4) is 0 Å². The van der Waals surface area contributed by atoms with Crippen LogP contribution in [-0.2, 0) is 4.57 Å². The predicted molar refractivity (Wildman–Crippen MR) is 68.5 cm³/mol. The van der Waals surface area contributed by atoms with E-state index in [4.69, 9.17) is 14.4 Å². The van der Waals surface area contributed by atoms with Gasteiger partial charge in [-0.25, -0.2) is 0 Å². The molecule has 0 amide bonds. The van der Waals surface area contributed by atoms with E-state index in [9.17, 15) is 26.3 Å². The molecule has 1 saturated heterocycles. The molecule has 22 heavy (non-hydrogen) atoms. The van der Waals surface area contributed by atoms with Gasteiger partial charge in [-0.1, -0.05) is 0 Å². The molecule has 0 radical (unpaired) electrons. The number of halogens is 6. The summed E-state index contributed by atoms with van der Waals surface area (Å²) in [7, 11) is -3.13. The topological polar surface area (TPSA) is 60.8 Å². The van der Waals surface area contributed by atoms with Gasteiger partial charge in [0.2, 0.25) is 0 Å². The van der Waals surface area contributed by atoms with Gasteiger partial charge in [0.05, 0.1) is 6.54 Å². The van der Waals surface area contributed by atoms with Crippen LogP contribution in [0.3, 0.4) is 0 Å². The molecule has 134 valence electrons. The maximum atomic E-state index is 12.4. The Bertz CT molecular complexity index is 342. The molecule has 1 unspecified atom stereocenters. The van der Waals surface area contributed by atoms with Gasteiger partial charge in [-0.2, -0.15) is 26.3 Å². The molecule has 0 aromatic carbocycles. The largest absolute Gasteiger partial charge is 0.401 e. The molecule has 0 aromatic heterocycles. The van der Waals surface area contributed by atoms with Crippen molar-refractivity contribution in [2.45, 2.75) is 51.0 Å². The zero-order valence-corrected chi connectivity index (χ0v) is 13.1. The molecule has 0 spiro atoms. The molecule has 1 rings (SSSR count). The van der Waals surface area contributed by atoms with Gasteiger partial charge < -0.3 is 9.79 Å². The molecule has 0 bridgehead atoms. The van der Waals surface area contributed by atoms with Gasteiger partial charge in [-0.15, -0.1) is 0 Å². The molecule has 1 aliphatic heterocycles. The molecule has 1 fully saturated rings. The molecule has 0 aromatic rings. The monoisotopic (exact) mass is 359 g/mol. The number of hydrogen-bond donors (Lipinski definition) is 2. The Morgan fingerprint density at radius 2 is 1.59 bits per heavy atom. The quantitative estimate of drug-likeness (QED) is 0.586. The Morgan fingerprint density at radius 3 is 1.95 bits per heavy atom. The van der Waals surface area contributed by atoms with Crippen LogP contribution in [0.25, 0.3) is 0 Å². The summed E-state index contributed by atoms with van der Waals surface area (Å²) in [5.41, 5.74) is -1.08. The van der Waals surface area contributed by atoms with E-state index in [1.54, 1.807) is 0 Å². The third kappa shape index (κ3) is 8.97. The Labute approximate surface area is 125 Å². The van der Waals surface area contributed by atoms with Crippen molar-refractivity contribution in [2.24, 2.45) is 5.92 Å². The van der Waals surface area contributed by atoms with Gasteiger partial charge in [0.25, 0.3) is 0 Å². The summed E-state index contributed by atoms with van der Waals surface area (Å²) >= 11 is 0. The van der Waals surface area contributed by atoms with E-state index in [1.807, 2.05) is 0 Å². The highest BCUT2D eigenvalue weighted by Crippen LogP contribution is 2.41. The number of nitrogens with zero attached hydrogens (tertiary/aromatic N) is 1. The minimum absolute atomic E-state index is 0.195. The lowest BCUT2D eigenvalue weighted by Gasteiger charge is -2.48. The lowest BCUT2D eigenvalue weighted by Crippen LogP contribution is -2.56. The molecule has 0 saturated carbocycles. The fourth-order valence-electron chi connectivity index (χ4n) is 2.56. The number of likely N-dealkylation sites (tertiary alicyclic amines) is 1. The van der Waals surface area contributed by atoms with Crippen molar-refractivity contribution < 1.29 is 40.7 Å². The summed E-state index contributed by atoms with van der Waals surface area (Å²) < 4.78 is 83.1. The first-order valence-corrected chi connectivity index (χ1v) is 7.76. The standard InChI is InChI=1S/C11H17F6N.H3O3P/c1-9(2)8(6-10(12,13)14)4-3-5-18(9)7-11(15,16)17;1-4(2)3/h8H,3-7H2,1-2H3;4H,(H2,1,2,3). The first-order chi connectivity index (χ1) is 9.65. The summed E-state index contributed by atoms with van der Waals surface area (Å²) in [6, 6.07) is 0. The van der Waals surface area contributed by atoms with Gasteiger partial charge in [0.1, 0.15) is 0 Å². The molecular weight excluding hydrogens is 339 g/mol. The highest BCUT2D eigenvalue weighted by molar-refractivity contribution is 7.30. The second-order valence-corrected chi connectivity index (χ2v) is 6.20. The van der Waals surface area contributed by atoms with Crippen LogP contribution < -0.4 is 0 Å². The van der Waals surface area contributed by atoms with Crippen molar-refractivity contribution in [2.75, 3.05) is 13.1 Å². The second-order valence-electron chi connectivity index (χ2n) is 5.63. The SMILES string of the molecule is CC1(C)C(CC(F)(F)F)CCCN1CC(F)(F)F.O=[PH](O)O. The summed E-state index contributed by atoms with van der Waals surface area (Å²) in [5.74, 6) is -0.784. The van der Waals surface area contributed by atoms with E-state index in [-0.39, 0.29) is 6.54 Å². The van der Waals surface area contributed by atoms with Crippen LogP contribution in [0.2, 0.25) is 0 Å². The fourth-order valence-corrected chi connectivity index (χ4v) is 2.56. The van der Waals surface area contributed by atoms with E-state index in [2.05, 4.69) is 0 Å². The van der Waals surface area contributed by atoms with Gasteiger partial charge in [0.15, 0.2) is 0 Å². The van der Waals surface area contributed by atoms with Crippen LogP contribution >= 0.6 is 8.25 Å². The second kappa shape index (κ2) is 7.99. The smallest absolute Gasteiger partial charge is 0.326 e. The van der Waals surface area contributed by atoms with Crippen molar-refractivity contribution in [1.82, 2.24) is 4.90 Å². The summed E-state index contributed by atoms with van der Waals surface area (Å²) in [4.78, 5) is 15.4. The fraction of sp³-hybridized carbons (Fsp3) is 1.00. The summed E-state index contributed by atoms with van der Waals surface area (Å²) in [6.45, 7) is 1.98. The van der Waals surface area contributed by atoms with E-state index in [0.29, 0.717) is 12.8 Å². The van der Waals surface area contributed by atoms with Crippen LogP contribution in [0.4, 0.5) is 26.3 Å². The molecule has 1 atom stereocenters. The van der Waals surface area contributed by atoms with Crippen molar-refractivity contribution >= 4 is 8.25 Å². The van der Waals surface area contributed by atoms with Crippen LogP contribution in [0.15, 0.2) is 0 Å². The van der Waals surface area contributed by atoms with E-state index >= 15 is 0 Å². The van der Waals surface area contributed by atoms with Crippen molar-refractivity contribution in [3.63, 3.8) is 0 Å². The summed E-state index contributed by atoms with van der Waals surface area (Å²) in [6.07, 6.45) is -9.03. The van der Waals surface area contributed by atoms with Crippen LogP contribution in [0, 0.1) is 5.92 Å². The van der Waals surface area contributed by atoms with E-state index < -0.39 is 45.0 Å². The Morgan fingerprint density at radius 1 is 1.14 bits per heavy atom. The number of piperidine rings is 1. The minimum Gasteiger partial charge on any atom is -0.326 e. The normalized spacial score (nSPS) is 23.1. The van der Waals surface area contributed by atoms with Crippen LogP contribution in [0.5, 0.6) is 0 Å². The lowest BCUT2D eigenvalue weighted by molar-refractivity contribution is -0.183. The zero-order chi connectivity index (χ0) is 17.8. The highest BCUT2D eigenvalue weighted by atomic mass is 31.1. The first-order valence-electron chi connectivity index (χ1n) is 6.45. The lowest BCUT2D eigenvalue weighted by atomic mass is 9.77. The molecule has 11 heteroatoms. The number of rotatable bonds is 2. The van der Waals surface area contributed by atoms with Gasteiger partial charge in [-0.05, 0) is 39.2 Å². The Hall–Kier alpha value is -0.310. The van der Waals surface area contributed by atoms with Gasteiger partial charge >= 0.3 is 20.6 Å². The minimum atomic E-state index is -4.38. The number of hydrogen-bond acceptors (Lipinski definition) is 2. The summed E-state index contributed by atoms with van der Waals surface area (Å²) in [5, 5.41) is 0. The van der Waals surface area contributed by atoms with Gasteiger partial charge in [0, 0.05) is 12.0 Å². The van der Waals surface area contributed by atoms with E-state index in [1.165, 1.54) is 13.8 Å². The molecule has 0 aliphatic carbocycles. The highest BCUT2D eigenvalue weighted by Gasteiger charge is 2.47. The number of alkyl halides is 6. The molecular formula is C11H20F6NO3P. The zero-order valence-electron chi connectivity index (χ0n) is 12.1. The molecule has 4 nitrogen and oxygen atoms in total. The average molecular weight is 359 g/mol. The maximum Gasteiger partial charge on any atom is 0.401 e. The third-order valence-corrected chi connectivity index (χ3v) is 3.64. The predicted octanol–water partition coefficient (Wildman–Crippen LogP) is 3.35. The average Bonchev–Trinajstić information content (AvgIpc) is 2.20. The van der Waals surface area contributed by atoms with Crippen molar-refractivity contribution in [1.29, 1.82) is 0 Å². The molecule has 1 heterocycles. The van der Waals surface area contributed by atoms with Crippen molar-refractivity contribution in [3.05, 3.63) is 0 Å². The van der Waals surface area contributed by atoms with Gasteiger partial charge in [-0.3, -0.25) is 9.46 Å². The molecule has 2 N–H and O–H groups in total. The molecule has 1 aliphatic rings. The van der Waals surface area contributed by atoms with Crippen LogP contribution in [0.1, 0.15) is 33.1 Å². The Balaban J connectivity index is 0.000000980. The Kier molecular flexibility index (Phi) is 7.87. The first kappa shape index (κ1) is 21.7. The maximum absolute atomic E-state index is 12.4. The van der Waals surface area contributed by atoms with E-state index in [0.717, 1.165) is 4.90 Å². The third-order valence-electron chi connectivity index (χ3n) is 3.64.